The van der Waals surface area contributed by atoms with Crippen molar-refractivity contribution in [3.63, 3.8) is 0 Å². The van der Waals surface area contributed by atoms with Crippen molar-refractivity contribution in [2.75, 3.05) is 5.32 Å². The lowest BCUT2D eigenvalue weighted by Gasteiger charge is -2.20. The Morgan fingerprint density at radius 1 is 1.27 bits per heavy atom. The molecule has 22 heavy (non-hydrogen) atoms. The Labute approximate surface area is 133 Å². The topological polar surface area (TPSA) is 50.4 Å². The van der Waals surface area contributed by atoms with Gasteiger partial charge in [0.05, 0.1) is 0 Å². The van der Waals surface area contributed by atoms with Crippen LogP contribution in [0.5, 0.6) is 0 Å². The summed E-state index contributed by atoms with van der Waals surface area (Å²) in [5, 5.41) is 6.38. The molecule has 1 saturated carbocycles. The van der Waals surface area contributed by atoms with Gasteiger partial charge in [-0.3, -0.25) is 5.32 Å². The molecule has 1 aromatic carbocycles. The van der Waals surface area contributed by atoms with Crippen LogP contribution in [0.25, 0.3) is 0 Å². The van der Waals surface area contributed by atoms with Gasteiger partial charge in [0, 0.05) is 18.3 Å². The summed E-state index contributed by atoms with van der Waals surface area (Å²) in [6.45, 7) is 8.67. The fraction of sp³-hybridized carbons (Fsp3) is 0.611. The van der Waals surface area contributed by atoms with Gasteiger partial charge in [-0.2, -0.15) is 0 Å². The first-order valence-corrected chi connectivity index (χ1v) is 8.19. The molecule has 0 radical (unpaired) electrons. The number of carbonyl (C=O) groups excluding carboxylic acids is 1. The lowest BCUT2D eigenvalue weighted by molar-refractivity contribution is 0.0636. The first-order chi connectivity index (χ1) is 10.4. The van der Waals surface area contributed by atoms with Crippen molar-refractivity contribution in [2.24, 2.45) is 5.92 Å². The van der Waals surface area contributed by atoms with Crippen LogP contribution >= 0.6 is 0 Å². The second kappa shape index (κ2) is 7.14. The second-order valence-electron chi connectivity index (χ2n) is 7.06. The zero-order chi connectivity index (χ0) is 16.2. The fourth-order valence-corrected chi connectivity index (χ4v) is 2.52. The first-order valence-electron chi connectivity index (χ1n) is 8.19. The van der Waals surface area contributed by atoms with Crippen LogP contribution in [-0.2, 0) is 11.3 Å². The summed E-state index contributed by atoms with van der Waals surface area (Å²) in [5.41, 5.74) is 1.51. The van der Waals surface area contributed by atoms with Gasteiger partial charge >= 0.3 is 6.09 Å². The van der Waals surface area contributed by atoms with E-state index in [1.54, 1.807) is 0 Å². The van der Waals surface area contributed by atoms with E-state index < -0.39 is 11.7 Å². The Bertz CT molecular complexity index is 487. The third-order valence-corrected chi connectivity index (χ3v) is 3.80. The van der Waals surface area contributed by atoms with E-state index in [4.69, 9.17) is 4.74 Å². The molecule has 1 amide bonds. The molecule has 0 heterocycles. The highest BCUT2D eigenvalue weighted by Gasteiger charge is 2.29. The molecule has 2 rings (SSSR count). The van der Waals surface area contributed by atoms with Gasteiger partial charge in [0.15, 0.2) is 0 Å². The number of anilines is 1. The minimum absolute atomic E-state index is 0.418. The van der Waals surface area contributed by atoms with E-state index in [0.29, 0.717) is 6.04 Å². The number of benzene rings is 1. The number of amides is 1. The molecule has 1 fully saturated rings. The van der Waals surface area contributed by atoms with Gasteiger partial charge in [0.1, 0.15) is 5.60 Å². The number of hydrogen-bond acceptors (Lipinski definition) is 3. The smallest absolute Gasteiger partial charge is 0.412 e. The maximum absolute atomic E-state index is 11.7. The molecular formula is C18H28N2O2. The van der Waals surface area contributed by atoms with Crippen LogP contribution in [0, 0.1) is 5.92 Å². The molecule has 1 aromatic rings. The van der Waals surface area contributed by atoms with E-state index in [0.717, 1.165) is 18.2 Å². The van der Waals surface area contributed by atoms with Crippen molar-refractivity contribution in [2.45, 2.75) is 65.1 Å². The van der Waals surface area contributed by atoms with Gasteiger partial charge in [0.2, 0.25) is 0 Å². The third-order valence-electron chi connectivity index (χ3n) is 3.80. The van der Waals surface area contributed by atoms with Crippen LogP contribution in [0.15, 0.2) is 24.3 Å². The number of carbonyl (C=O) groups is 1. The van der Waals surface area contributed by atoms with Crippen molar-refractivity contribution in [1.82, 2.24) is 5.32 Å². The number of ether oxygens (including phenoxy) is 1. The van der Waals surface area contributed by atoms with Gasteiger partial charge in [-0.15, -0.1) is 0 Å². The summed E-state index contributed by atoms with van der Waals surface area (Å²) in [4.78, 5) is 11.7. The maximum Gasteiger partial charge on any atom is 0.412 e. The molecule has 1 unspecified atom stereocenters. The molecule has 1 aliphatic carbocycles. The predicted octanol–water partition coefficient (Wildman–Crippen LogP) is 4.31. The zero-order valence-electron chi connectivity index (χ0n) is 14.1. The van der Waals surface area contributed by atoms with E-state index in [2.05, 4.69) is 17.6 Å². The molecule has 0 spiro atoms. The highest BCUT2D eigenvalue weighted by atomic mass is 16.6. The number of hydrogen-bond donors (Lipinski definition) is 2. The van der Waals surface area contributed by atoms with Crippen LogP contribution in [-0.4, -0.2) is 17.7 Å². The lowest BCUT2D eigenvalue weighted by Crippen LogP contribution is -2.29. The van der Waals surface area contributed by atoms with Gasteiger partial charge in [0.25, 0.3) is 0 Å². The van der Waals surface area contributed by atoms with Gasteiger partial charge in [-0.25, -0.2) is 4.79 Å². The van der Waals surface area contributed by atoms with Crippen LogP contribution in [0.4, 0.5) is 10.5 Å². The molecule has 1 atom stereocenters. The van der Waals surface area contributed by atoms with Crippen molar-refractivity contribution >= 4 is 11.8 Å². The first kappa shape index (κ1) is 16.8. The third kappa shape index (κ3) is 5.68. The second-order valence-corrected chi connectivity index (χ2v) is 7.06. The van der Waals surface area contributed by atoms with Gasteiger partial charge < -0.3 is 10.1 Å². The average Bonchev–Trinajstić information content (AvgIpc) is 3.24. The van der Waals surface area contributed by atoms with Crippen molar-refractivity contribution in [3.8, 4) is 0 Å². The molecule has 122 valence electrons. The van der Waals surface area contributed by atoms with E-state index in [1.165, 1.54) is 24.8 Å². The minimum Gasteiger partial charge on any atom is -0.444 e. The molecular weight excluding hydrogens is 276 g/mol. The fourth-order valence-electron chi connectivity index (χ4n) is 2.52. The monoisotopic (exact) mass is 304 g/mol. The van der Waals surface area contributed by atoms with E-state index in [1.807, 2.05) is 45.0 Å². The van der Waals surface area contributed by atoms with Crippen molar-refractivity contribution < 1.29 is 9.53 Å². The molecule has 1 aliphatic rings. The normalized spacial score (nSPS) is 16.2. The Hall–Kier alpha value is -1.55. The zero-order valence-corrected chi connectivity index (χ0v) is 14.1. The van der Waals surface area contributed by atoms with Gasteiger partial charge in [-0.05, 0) is 63.6 Å². The van der Waals surface area contributed by atoms with Crippen LogP contribution in [0.3, 0.4) is 0 Å². The molecule has 0 bridgehead atoms. The Kier molecular flexibility index (Phi) is 5.46. The quantitative estimate of drug-likeness (QED) is 0.823. The van der Waals surface area contributed by atoms with Crippen LogP contribution < -0.4 is 10.6 Å². The number of nitrogens with one attached hydrogen (secondary N) is 2. The van der Waals surface area contributed by atoms with Crippen molar-refractivity contribution in [3.05, 3.63) is 29.8 Å². The summed E-state index contributed by atoms with van der Waals surface area (Å²) in [6, 6.07) is 8.55. The standard InChI is InChI=1S/C18H28N2O2/c1-5-16(14-8-9-14)19-12-13-6-10-15(11-7-13)20-17(21)22-18(2,3)4/h6-7,10-11,14,16,19H,5,8-9,12H2,1-4H3,(H,20,21). The maximum atomic E-state index is 11.7. The summed E-state index contributed by atoms with van der Waals surface area (Å²) < 4.78 is 5.24. The molecule has 4 nitrogen and oxygen atoms in total. The van der Waals surface area contributed by atoms with Crippen LogP contribution in [0.1, 0.15) is 52.5 Å². The largest absolute Gasteiger partial charge is 0.444 e. The summed E-state index contributed by atoms with van der Waals surface area (Å²) in [6.07, 6.45) is 3.50. The highest BCUT2D eigenvalue weighted by molar-refractivity contribution is 5.84. The average molecular weight is 304 g/mol. The molecule has 2 N–H and O–H groups in total. The van der Waals surface area contributed by atoms with E-state index >= 15 is 0 Å². The minimum atomic E-state index is -0.480. The molecule has 4 heteroatoms. The Morgan fingerprint density at radius 2 is 1.91 bits per heavy atom. The summed E-state index contributed by atoms with van der Waals surface area (Å²) >= 11 is 0. The van der Waals surface area contributed by atoms with E-state index in [9.17, 15) is 4.79 Å². The molecule has 0 aromatic heterocycles. The lowest BCUT2D eigenvalue weighted by atomic mass is 10.1. The van der Waals surface area contributed by atoms with Crippen LogP contribution in [0.2, 0.25) is 0 Å². The molecule has 0 saturated heterocycles. The summed E-state index contributed by atoms with van der Waals surface area (Å²) in [5.74, 6) is 0.873. The predicted molar refractivity (Wildman–Crippen MR) is 89.9 cm³/mol. The highest BCUT2D eigenvalue weighted by Crippen LogP contribution is 2.34. The van der Waals surface area contributed by atoms with Crippen molar-refractivity contribution in [1.29, 1.82) is 0 Å². The Balaban J connectivity index is 1.80. The van der Waals surface area contributed by atoms with Gasteiger partial charge in [-0.1, -0.05) is 19.1 Å². The Morgan fingerprint density at radius 3 is 2.41 bits per heavy atom. The molecule has 0 aliphatic heterocycles. The number of rotatable bonds is 6. The van der Waals surface area contributed by atoms with E-state index in [-0.39, 0.29) is 0 Å². The SMILES string of the molecule is CCC(NCc1ccc(NC(=O)OC(C)(C)C)cc1)C1CC1. The summed E-state index contributed by atoms with van der Waals surface area (Å²) in [7, 11) is 0.